The zero-order valence-electron chi connectivity index (χ0n) is 8.68. The predicted octanol–water partition coefficient (Wildman–Crippen LogP) is 0.614. The number of hydrogen-bond acceptors (Lipinski definition) is 3. The molecule has 4 N–H and O–H groups in total. The van der Waals surface area contributed by atoms with E-state index in [1.165, 1.54) is 12.1 Å². The summed E-state index contributed by atoms with van der Waals surface area (Å²) in [6.07, 6.45) is 1.73. The molecule has 5 heteroatoms. The number of benzene rings is 1. The molecule has 1 atom stereocenters. The van der Waals surface area contributed by atoms with Crippen LogP contribution in [0.25, 0.3) is 0 Å². The number of rotatable bonds is 4. The molecular weight excluding hydrogens is 212 g/mol. The minimum absolute atomic E-state index is 0.145. The van der Waals surface area contributed by atoms with E-state index >= 15 is 0 Å². The number of aryl methyl sites for hydroxylation is 1. The smallest absolute Gasteiger partial charge is 0.238 e. The van der Waals surface area contributed by atoms with Gasteiger partial charge in [-0.25, -0.2) is 13.6 Å². The minimum Gasteiger partial charge on any atom is -0.328 e. The van der Waals surface area contributed by atoms with Crippen molar-refractivity contribution < 1.29 is 8.42 Å². The van der Waals surface area contributed by atoms with Gasteiger partial charge in [0.25, 0.3) is 0 Å². The second kappa shape index (κ2) is 4.74. The van der Waals surface area contributed by atoms with Crippen molar-refractivity contribution in [3.8, 4) is 0 Å². The molecular formula is C10H16N2O2S. The van der Waals surface area contributed by atoms with Crippen molar-refractivity contribution in [2.24, 2.45) is 10.9 Å². The van der Waals surface area contributed by atoms with Gasteiger partial charge in [0.2, 0.25) is 10.0 Å². The number of sulfonamides is 1. The first-order valence-corrected chi connectivity index (χ1v) is 6.31. The largest absolute Gasteiger partial charge is 0.328 e. The third-order valence-corrected chi connectivity index (χ3v) is 3.07. The average Bonchev–Trinajstić information content (AvgIpc) is 2.14. The monoisotopic (exact) mass is 228 g/mol. The van der Waals surface area contributed by atoms with Crippen molar-refractivity contribution in [1.29, 1.82) is 0 Å². The van der Waals surface area contributed by atoms with Gasteiger partial charge in [-0.05, 0) is 37.5 Å². The van der Waals surface area contributed by atoms with E-state index in [1.54, 1.807) is 12.1 Å². The Hall–Kier alpha value is -0.910. The summed E-state index contributed by atoms with van der Waals surface area (Å²) in [5.74, 6) is 0. The fourth-order valence-corrected chi connectivity index (χ4v) is 1.76. The SMILES string of the molecule is CC(N)CCc1ccc(S(N)(=O)=O)cc1. The molecule has 0 aliphatic heterocycles. The molecule has 0 saturated heterocycles. The standard InChI is InChI=1S/C10H16N2O2S/c1-8(11)2-3-9-4-6-10(7-5-9)15(12,13)14/h4-8H,2-3,11H2,1H3,(H2,12,13,14). The quantitative estimate of drug-likeness (QED) is 0.791. The Morgan fingerprint density at radius 3 is 2.20 bits per heavy atom. The maximum absolute atomic E-state index is 11.0. The van der Waals surface area contributed by atoms with Gasteiger partial charge in [0, 0.05) is 6.04 Å². The fraction of sp³-hybridized carbons (Fsp3) is 0.400. The lowest BCUT2D eigenvalue weighted by atomic mass is 10.1. The van der Waals surface area contributed by atoms with E-state index in [-0.39, 0.29) is 10.9 Å². The van der Waals surface area contributed by atoms with Gasteiger partial charge in [-0.2, -0.15) is 0 Å². The first kappa shape index (κ1) is 12.2. The number of primary sulfonamides is 1. The van der Waals surface area contributed by atoms with Crippen molar-refractivity contribution >= 4 is 10.0 Å². The summed E-state index contributed by atoms with van der Waals surface area (Å²) >= 11 is 0. The molecule has 15 heavy (non-hydrogen) atoms. The molecule has 0 spiro atoms. The third-order valence-electron chi connectivity index (χ3n) is 2.14. The Morgan fingerprint density at radius 1 is 1.27 bits per heavy atom. The van der Waals surface area contributed by atoms with Crippen molar-refractivity contribution in [3.63, 3.8) is 0 Å². The predicted molar refractivity (Wildman–Crippen MR) is 59.8 cm³/mol. The molecule has 0 amide bonds. The van der Waals surface area contributed by atoms with Crippen molar-refractivity contribution in [2.75, 3.05) is 0 Å². The molecule has 1 aromatic carbocycles. The van der Waals surface area contributed by atoms with E-state index in [4.69, 9.17) is 10.9 Å². The molecule has 84 valence electrons. The van der Waals surface area contributed by atoms with E-state index in [2.05, 4.69) is 0 Å². The van der Waals surface area contributed by atoms with E-state index in [9.17, 15) is 8.42 Å². The highest BCUT2D eigenvalue weighted by Gasteiger charge is 2.06. The Labute approximate surface area is 90.3 Å². The van der Waals surface area contributed by atoms with Crippen LogP contribution in [0.4, 0.5) is 0 Å². The zero-order valence-corrected chi connectivity index (χ0v) is 9.50. The highest BCUT2D eigenvalue weighted by atomic mass is 32.2. The van der Waals surface area contributed by atoms with Crippen molar-refractivity contribution in [1.82, 2.24) is 0 Å². The maximum atomic E-state index is 11.0. The van der Waals surface area contributed by atoms with Gasteiger partial charge >= 0.3 is 0 Å². The van der Waals surface area contributed by atoms with Gasteiger partial charge in [0.05, 0.1) is 4.90 Å². The maximum Gasteiger partial charge on any atom is 0.238 e. The topological polar surface area (TPSA) is 86.2 Å². The van der Waals surface area contributed by atoms with Crippen LogP contribution in [0, 0.1) is 0 Å². The zero-order chi connectivity index (χ0) is 11.5. The van der Waals surface area contributed by atoms with Crippen LogP contribution in [0.2, 0.25) is 0 Å². The first-order chi connectivity index (χ1) is 6.89. The van der Waals surface area contributed by atoms with Gasteiger partial charge in [-0.1, -0.05) is 12.1 Å². The molecule has 0 heterocycles. The molecule has 0 aromatic heterocycles. The Kier molecular flexibility index (Phi) is 3.84. The fourth-order valence-electron chi connectivity index (χ4n) is 1.24. The van der Waals surface area contributed by atoms with Gasteiger partial charge in [0.15, 0.2) is 0 Å². The minimum atomic E-state index is -3.58. The lowest BCUT2D eigenvalue weighted by Gasteiger charge is -2.05. The van der Waals surface area contributed by atoms with Crippen LogP contribution in [-0.2, 0) is 16.4 Å². The number of nitrogens with two attached hydrogens (primary N) is 2. The van der Waals surface area contributed by atoms with Crippen LogP contribution in [-0.4, -0.2) is 14.5 Å². The lowest BCUT2D eigenvalue weighted by Crippen LogP contribution is -2.15. The van der Waals surface area contributed by atoms with Gasteiger partial charge in [0.1, 0.15) is 0 Å². The summed E-state index contributed by atoms with van der Waals surface area (Å²) in [6.45, 7) is 1.94. The molecule has 0 radical (unpaired) electrons. The second-order valence-corrected chi connectivity index (χ2v) is 5.27. The van der Waals surface area contributed by atoms with Crippen LogP contribution in [0.3, 0.4) is 0 Å². The van der Waals surface area contributed by atoms with Gasteiger partial charge < -0.3 is 5.73 Å². The third kappa shape index (κ3) is 3.99. The van der Waals surface area contributed by atoms with Crippen LogP contribution in [0.5, 0.6) is 0 Å². The van der Waals surface area contributed by atoms with Crippen LogP contribution < -0.4 is 10.9 Å². The lowest BCUT2D eigenvalue weighted by molar-refractivity contribution is 0.597. The second-order valence-electron chi connectivity index (χ2n) is 3.70. The van der Waals surface area contributed by atoms with E-state index in [0.29, 0.717) is 0 Å². The summed E-state index contributed by atoms with van der Waals surface area (Å²) in [5, 5.41) is 4.98. The Balaban J connectivity index is 2.73. The van der Waals surface area contributed by atoms with Crippen molar-refractivity contribution in [3.05, 3.63) is 29.8 Å². The van der Waals surface area contributed by atoms with Crippen molar-refractivity contribution in [2.45, 2.75) is 30.7 Å². The summed E-state index contributed by atoms with van der Waals surface area (Å²) in [6, 6.07) is 6.73. The highest BCUT2D eigenvalue weighted by molar-refractivity contribution is 7.89. The number of hydrogen-bond donors (Lipinski definition) is 2. The van der Waals surface area contributed by atoms with Gasteiger partial charge in [-0.15, -0.1) is 0 Å². The summed E-state index contributed by atoms with van der Waals surface area (Å²) in [4.78, 5) is 0.145. The van der Waals surface area contributed by atoms with Crippen LogP contribution in [0.1, 0.15) is 18.9 Å². The highest BCUT2D eigenvalue weighted by Crippen LogP contribution is 2.10. The Bertz CT molecular complexity index is 410. The molecule has 1 rings (SSSR count). The van der Waals surface area contributed by atoms with Crippen LogP contribution in [0.15, 0.2) is 29.2 Å². The summed E-state index contributed by atoms with van der Waals surface area (Å²) < 4.78 is 21.9. The summed E-state index contributed by atoms with van der Waals surface area (Å²) in [5.41, 5.74) is 6.69. The van der Waals surface area contributed by atoms with E-state index in [1.807, 2.05) is 6.92 Å². The molecule has 1 aromatic rings. The summed E-state index contributed by atoms with van der Waals surface area (Å²) in [7, 11) is -3.58. The molecule has 0 aliphatic rings. The van der Waals surface area contributed by atoms with E-state index in [0.717, 1.165) is 18.4 Å². The molecule has 0 bridgehead atoms. The molecule has 0 fully saturated rings. The van der Waals surface area contributed by atoms with E-state index < -0.39 is 10.0 Å². The normalized spacial score (nSPS) is 13.8. The molecule has 4 nitrogen and oxygen atoms in total. The molecule has 0 aliphatic carbocycles. The molecule has 1 unspecified atom stereocenters. The average molecular weight is 228 g/mol. The first-order valence-electron chi connectivity index (χ1n) is 4.77. The van der Waals surface area contributed by atoms with Gasteiger partial charge in [-0.3, -0.25) is 0 Å². The van der Waals surface area contributed by atoms with Crippen LogP contribution >= 0.6 is 0 Å². The Morgan fingerprint density at radius 2 is 1.80 bits per heavy atom. The molecule has 0 saturated carbocycles.